The summed E-state index contributed by atoms with van der Waals surface area (Å²) in [5.41, 5.74) is 0. The fourth-order valence-corrected chi connectivity index (χ4v) is 3.09. The zero-order chi connectivity index (χ0) is 17.0. The van der Waals surface area contributed by atoms with Crippen LogP contribution in [0.4, 0.5) is 0 Å². The molecule has 3 saturated heterocycles. The standard InChI is InChI=1S/C14H21NO8/c1-13(2)20-7-8(21-13)10-12(23-14(3,4)22-10)19-9(7)11(18)15-5-6(16)17/h7-10,12H,5H2,1-4H3,(H,15,18)(H,16,17)/t7-,8-,9-,10-,12+/m1/s1. The summed E-state index contributed by atoms with van der Waals surface area (Å²) in [6, 6.07) is 0. The molecule has 0 aromatic carbocycles. The number of hydrogen-bond acceptors (Lipinski definition) is 7. The van der Waals surface area contributed by atoms with Gasteiger partial charge in [0.15, 0.2) is 24.0 Å². The monoisotopic (exact) mass is 331 g/mol. The summed E-state index contributed by atoms with van der Waals surface area (Å²) in [4.78, 5) is 22.9. The van der Waals surface area contributed by atoms with Crippen LogP contribution in [0.3, 0.4) is 0 Å². The Morgan fingerprint density at radius 1 is 0.957 bits per heavy atom. The maximum atomic E-state index is 12.3. The third kappa shape index (κ3) is 3.20. The number of rotatable bonds is 3. The predicted molar refractivity (Wildman–Crippen MR) is 73.2 cm³/mol. The van der Waals surface area contributed by atoms with E-state index in [1.807, 2.05) is 0 Å². The second-order valence-corrected chi connectivity index (χ2v) is 6.70. The van der Waals surface area contributed by atoms with Gasteiger partial charge in [-0.2, -0.15) is 0 Å². The van der Waals surface area contributed by atoms with Gasteiger partial charge in [-0.1, -0.05) is 0 Å². The molecule has 0 unspecified atom stereocenters. The molecule has 130 valence electrons. The molecule has 9 heteroatoms. The maximum absolute atomic E-state index is 12.3. The lowest BCUT2D eigenvalue weighted by atomic mass is 9.98. The molecule has 0 bridgehead atoms. The number of carbonyl (C=O) groups is 2. The first-order valence-electron chi connectivity index (χ1n) is 7.44. The van der Waals surface area contributed by atoms with Crippen molar-refractivity contribution < 1.29 is 38.4 Å². The van der Waals surface area contributed by atoms with E-state index in [0.29, 0.717) is 0 Å². The Morgan fingerprint density at radius 2 is 1.52 bits per heavy atom. The number of fused-ring (bicyclic) bond motifs is 3. The fourth-order valence-electron chi connectivity index (χ4n) is 3.09. The van der Waals surface area contributed by atoms with Gasteiger partial charge in [-0.3, -0.25) is 9.59 Å². The molecule has 5 atom stereocenters. The van der Waals surface area contributed by atoms with Gasteiger partial charge in [-0.05, 0) is 27.7 Å². The average Bonchev–Trinajstić information content (AvgIpc) is 2.89. The van der Waals surface area contributed by atoms with Gasteiger partial charge < -0.3 is 34.1 Å². The summed E-state index contributed by atoms with van der Waals surface area (Å²) >= 11 is 0. The number of amides is 1. The number of aliphatic carboxylic acids is 1. The Morgan fingerprint density at radius 3 is 2.17 bits per heavy atom. The summed E-state index contributed by atoms with van der Waals surface area (Å²) in [5, 5.41) is 11.0. The zero-order valence-corrected chi connectivity index (χ0v) is 13.4. The van der Waals surface area contributed by atoms with Crippen LogP contribution in [0.25, 0.3) is 0 Å². The Kier molecular flexibility index (Phi) is 3.88. The lowest BCUT2D eigenvalue weighted by Crippen LogP contribution is -2.59. The third-order valence-corrected chi connectivity index (χ3v) is 3.83. The molecule has 3 rings (SSSR count). The third-order valence-electron chi connectivity index (χ3n) is 3.83. The van der Waals surface area contributed by atoms with Crippen LogP contribution in [-0.4, -0.2) is 65.8 Å². The highest BCUT2D eigenvalue weighted by Crippen LogP contribution is 2.44. The van der Waals surface area contributed by atoms with Crippen LogP contribution < -0.4 is 5.32 Å². The maximum Gasteiger partial charge on any atom is 0.322 e. The van der Waals surface area contributed by atoms with Crippen LogP contribution in [0.2, 0.25) is 0 Å². The lowest BCUT2D eigenvalue weighted by Gasteiger charge is -2.36. The molecule has 3 heterocycles. The number of nitrogens with one attached hydrogen (secondary N) is 1. The highest BCUT2D eigenvalue weighted by atomic mass is 16.9. The number of carbonyl (C=O) groups excluding carboxylic acids is 1. The molecule has 0 spiro atoms. The molecule has 3 aliphatic heterocycles. The molecular formula is C14H21NO8. The van der Waals surface area contributed by atoms with Gasteiger partial charge in [-0.15, -0.1) is 0 Å². The number of ether oxygens (including phenoxy) is 5. The van der Waals surface area contributed by atoms with E-state index in [4.69, 9.17) is 28.8 Å². The fraction of sp³-hybridized carbons (Fsp3) is 0.857. The van der Waals surface area contributed by atoms with Crippen molar-refractivity contribution in [1.82, 2.24) is 5.32 Å². The van der Waals surface area contributed by atoms with Gasteiger partial charge in [0, 0.05) is 0 Å². The van der Waals surface area contributed by atoms with Gasteiger partial charge in [0.25, 0.3) is 5.91 Å². The molecule has 23 heavy (non-hydrogen) atoms. The number of carboxylic acids is 1. The zero-order valence-electron chi connectivity index (χ0n) is 13.4. The van der Waals surface area contributed by atoms with Crippen LogP contribution in [0.15, 0.2) is 0 Å². The smallest absolute Gasteiger partial charge is 0.322 e. The summed E-state index contributed by atoms with van der Waals surface area (Å²) in [6.45, 7) is 6.44. The molecule has 1 amide bonds. The van der Waals surface area contributed by atoms with Crippen molar-refractivity contribution in [3.05, 3.63) is 0 Å². The Hall–Kier alpha value is -1.26. The highest BCUT2D eigenvalue weighted by Gasteiger charge is 2.62. The van der Waals surface area contributed by atoms with E-state index in [1.165, 1.54) is 0 Å². The SMILES string of the molecule is CC1(C)O[C@@H]2[C@@H](O1)[C@H](C(=O)NCC(=O)O)O[C@H]1OC(C)(C)O[C@@H]12. The first-order chi connectivity index (χ1) is 10.6. The van der Waals surface area contributed by atoms with E-state index >= 15 is 0 Å². The minimum Gasteiger partial charge on any atom is -0.480 e. The summed E-state index contributed by atoms with van der Waals surface area (Å²) in [6.07, 6.45) is -3.62. The van der Waals surface area contributed by atoms with E-state index in [2.05, 4.69) is 5.32 Å². The minimum absolute atomic E-state index is 0.503. The van der Waals surface area contributed by atoms with Crippen molar-refractivity contribution in [2.45, 2.75) is 70.0 Å². The van der Waals surface area contributed by atoms with Crippen molar-refractivity contribution >= 4 is 11.9 Å². The van der Waals surface area contributed by atoms with Crippen LogP contribution >= 0.6 is 0 Å². The second kappa shape index (κ2) is 5.38. The van der Waals surface area contributed by atoms with Crippen molar-refractivity contribution in [3.63, 3.8) is 0 Å². The number of carboxylic acid groups (broad SMARTS) is 1. The molecular weight excluding hydrogens is 310 g/mol. The van der Waals surface area contributed by atoms with E-state index in [-0.39, 0.29) is 0 Å². The Balaban J connectivity index is 1.81. The Labute approximate surface area is 133 Å². The average molecular weight is 331 g/mol. The van der Waals surface area contributed by atoms with Gasteiger partial charge in [0.1, 0.15) is 24.9 Å². The van der Waals surface area contributed by atoms with Crippen LogP contribution in [0, 0.1) is 0 Å². The van der Waals surface area contributed by atoms with Gasteiger partial charge >= 0.3 is 5.97 Å². The van der Waals surface area contributed by atoms with E-state index in [0.717, 1.165) is 0 Å². The Bertz CT molecular complexity index is 519. The molecule has 0 aliphatic carbocycles. The van der Waals surface area contributed by atoms with Crippen molar-refractivity contribution in [3.8, 4) is 0 Å². The van der Waals surface area contributed by atoms with Crippen molar-refractivity contribution in [2.75, 3.05) is 6.54 Å². The van der Waals surface area contributed by atoms with Crippen molar-refractivity contribution in [2.24, 2.45) is 0 Å². The molecule has 3 aliphatic rings. The first-order valence-corrected chi connectivity index (χ1v) is 7.44. The van der Waals surface area contributed by atoms with Crippen LogP contribution in [-0.2, 0) is 33.3 Å². The molecule has 0 radical (unpaired) electrons. The van der Waals surface area contributed by atoms with E-state index < -0.39 is 60.7 Å². The van der Waals surface area contributed by atoms with Gasteiger partial charge in [0.05, 0.1) is 0 Å². The quantitative estimate of drug-likeness (QED) is 0.717. The summed E-state index contributed by atoms with van der Waals surface area (Å²) in [7, 11) is 0. The molecule has 0 aromatic heterocycles. The minimum atomic E-state index is -1.14. The topological polar surface area (TPSA) is 113 Å². The molecule has 0 aromatic rings. The molecule has 2 N–H and O–H groups in total. The van der Waals surface area contributed by atoms with Gasteiger partial charge in [0.2, 0.25) is 0 Å². The van der Waals surface area contributed by atoms with E-state index in [9.17, 15) is 9.59 Å². The van der Waals surface area contributed by atoms with Crippen LogP contribution in [0.1, 0.15) is 27.7 Å². The van der Waals surface area contributed by atoms with Crippen LogP contribution in [0.5, 0.6) is 0 Å². The summed E-state index contributed by atoms with van der Waals surface area (Å²) < 4.78 is 28.8. The first kappa shape index (κ1) is 16.6. The molecule has 9 nitrogen and oxygen atoms in total. The lowest BCUT2D eigenvalue weighted by molar-refractivity contribution is -0.231. The van der Waals surface area contributed by atoms with E-state index in [1.54, 1.807) is 27.7 Å². The molecule has 0 saturated carbocycles. The largest absolute Gasteiger partial charge is 0.480 e. The molecule has 3 fully saturated rings. The predicted octanol–water partition coefficient (Wildman–Crippen LogP) is -0.416. The number of hydrogen-bond donors (Lipinski definition) is 2. The van der Waals surface area contributed by atoms with Crippen molar-refractivity contribution in [1.29, 1.82) is 0 Å². The second-order valence-electron chi connectivity index (χ2n) is 6.70. The van der Waals surface area contributed by atoms with Gasteiger partial charge in [-0.25, -0.2) is 0 Å². The highest BCUT2D eigenvalue weighted by molar-refractivity contribution is 5.85. The normalized spacial score (nSPS) is 40.3. The summed E-state index contributed by atoms with van der Waals surface area (Å²) in [5.74, 6) is -3.51.